The molecule has 0 radical (unpaired) electrons. The van der Waals surface area contributed by atoms with Crippen molar-refractivity contribution in [3.8, 4) is 22.8 Å². The highest BCUT2D eigenvalue weighted by atomic mass is 16.5. The standard InChI is InChI=1S/C29H37NO4/c1-6-23(18-31)24-10-12-26(13-11-24)34-19-22-8-7-9-25(17-22)28-20(2)16-27(30-21(28)3)33-15-14-29(4,5)32/h7-13,16-17,23,31-32H,6,14-15,18-19H2,1-5H3. The molecule has 3 rings (SSSR count). The molecule has 0 amide bonds. The van der Waals surface area contributed by atoms with Gasteiger partial charge >= 0.3 is 0 Å². The van der Waals surface area contributed by atoms with Gasteiger partial charge in [0.25, 0.3) is 0 Å². The number of hydrogen-bond acceptors (Lipinski definition) is 5. The molecule has 3 aromatic rings. The van der Waals surface area contributed by atoms with Crippen molar-refractivity contribution in [1.82, 2.24) is 4.98 Å². The molecule has 2 aromatic carbocycles. The van der Waals surface area contributed by atoms with E-state index in [1.165, 1.54) is 0 Å². The summed E-state index contributed by atoms with van der Waals surface area (Å²) < 4.78 is 11.8. The molecule has 0 fully saturated rings. The van der Waals surface area contributed by atoms with Crippen molar-refractivity contribution in [3.05, 3.63) is 77.0 Å². The van der Waals surface area contributed by atoms with Crippen molar-refractivity contribution in [2.24, 2.45) is 0 Å². The van der Waals surface area contributed by atoms with Crippen LogP contribution < -0.4 is 9.47 Å². The van der Waals surface area contributed by atoms with E-state index in [0.717, 1.165) is 45.7 Å². The van der Waals surface area contributed by atoms with Gasteiger partial charge in [0, 0.05) is 36.3 Å². The van der Waals surface area contributed by atoms with Crippen molar-refractivity contribution in [2.75, 3.05) is 13.2 Å². The lowest BCUT2D eigenvalue weighted by molar-refractivity contribution is 0.0547. The lowest BCUT2D eigenvalue weighted by Gasteiger charge is -2.18. The van der Waals surface area contributed by atoms with Gasteiger partial charge in [-0.2, -0.15) is 0 Å². The minimum absolute atomic E-state index is 0.158. The summed E-state index contributed by atoms with van der Waals surface area (Å²) in [4.78, 5) is 4.64. The predicted octanol–water partition coefficient (Wildman–Crippen LogP) is 5.97. The van der Waals surface area contributed by atoms with Gasteiger partial charge in [-0.25, -0.2) is 4.98 Å². The van der Waals surface area contributed by atoms with E-state index >= 15 is 0 Å². The van der Waals surface area contributed by atoms with E-state index < -0.39 is 5.60 Å². The van der Waals surface area contributed by atoms with Gasteiger partial charge in [0.15, 0.2) is 0 Å². The van der Waals surface area contributed by atoms with Crippen molar-refractivity contribution in [3.63, 3.8) is 0 Å². The van der Waals surface area contributed by atoms with Crippen LogP contribution in [0, 0.1) is 13.8 Å². The first-order valence-corrected chi connectivity index (χ1v) is 12.0. The van der Waals surface area contributed by atoms with Crippen molar-refractivity contribution >= 4 is 0 Å². The second-order valence-corrected chi connectivity index (χ2v) is 9.49. The number of nitrogens with zero attached hydrogens (tertiary/aromatic N) is 1. The Morgan fingerprint density at radius 3 is 2.35 bits per heavy atom. The van der Waals surface area contributed by atoms with Crippen LogP contribution in [0.25, 0.3) is 11.1 Å². The summed E-state index contributed by atoms with van der Waals surface area (Å²) in [6.07, 6.45) is 1.45. The van der Waals surface area contributed by atoms with Gasteiger partial charge < -0.3 is 19.7 Å². The summed E-state index contributed by atoms with van der Waals surface area (Å²) in [5.41, 5.74) is 5.63. The molecular weight excluding hydrogens is 426 g/mol. The zero-order valence-corrected chi connectivity index (χ0v) is 21.0. The molecule has 0 saturated heterocycles. The Morgan fingerprint density at radius 2 is 1.74 bits per heavy atom. The second-order valence-electron chi connectivity index (χ2n) is 9.49. The number of ether oxygens (including phenoxy) is 2. The molecular formula is C29H37NO4. The zero-order chi connectivity index (χ0) is 24.7. The van der Waals surface area contributed by atoms with Crippen LogP contribution >= 0.6 is 0 Å². The largest absolute Gasteiger partial charge is 0.489 e. The summed E-state index contributed by atoms with van der Waals surface area (Å²) in [6, 6.07) is 18.3. The number of hydrogen-bond donors (Lipinski definition) is 2. The Morgan fingerprint density at radius 1 is 1.00 bits per heavy atom. The first-order valence-electron chi connectivity index (χ1n) is 12.0. The van der Waals surface area contributed by atoms with E-state index in [-0.39, 0.29) is 12.5 Å². The van der Waals surface area contributed by atoms with Crippen molar-refractivity contribution in [2.45, 2.75) is 65.6 Å². The third-order valence-electron chi connectivity index (χ3n) is 6.02. The van der Waals surface area contributed by atoms with Crippen LogP contribution in [0.5, 0.6) is 11.6 Å². The van der Waals surface area contributed by atoms with E-state index in [4.69, 9.17) is 9.47 Å². The second kappa shape index (κ2) is 11.5. The molecule has 0 spiro atoms. The molecule has 1 aromatic heterocycles. The first kappa shape index (κ1) is 25.7. The molecule has 0 aliphatic carbocycles. The Balaban J connectivity index is 1.69. The minimum Gasteiger partial charge on any atom is -0.489 e. The topological polar surface area (TPSA) is 71.8 Å². The Bertz CT molecular complexity index is 1040. The van der Waals surface area contributed by atoms with Crippen LogP contribution in [0.2, 0.25) is 0 Å². The van der Waals surface area contributed by atoms with Gasteiger partial charge in [0.1, 0.15) is 12.4 Å². The fourth-order valence-corrected chi connectivity index (χ4v) is 4.00. The van der Waals surface area contributed by atoms with Crippen LogP contribution in [0.3, 0.4) is 0 Å². The van der Waals surface area contributed by atoms with Crippen molar-refractivity contribution < 1.29 is 19.7 Å². The van der Waals surface area contributed by atoms with Gasteiger partial charge in [0.05, 0.1) is 12.2 Å². The fourth-order valence-electron chi connectivity index (χ4n) is 4.00. The number of rotatable bonds is 11. The minimum atomic E-state index is -0.758. The van der Waals surface area contributed by atoms with Crippen LogP contribution in [0.1, 0.15) is 61.9 Å². The molecule has 0 bridgehead atoms. The molecule has 5 nitrogen and oxygen atoms in total. The summed E-state index contributed by atoms with van der Waals surface area (Å²) >= 11 is 0. The first-order chi connectivity index (χ1) is 16.2. The fraction of sp³-hybridized carbons (Fsp3) is 0.414. The summed E-state index contributed by atoms with van der Waals surface area (Å²) in [7, 11) is 0. The Hall–Kier alpha value is -2.89. The maximum Gasteiger partial charge on any atom is 0.213 e. The van der Waals surface area contributed by atoms with Gasteiger partial charge in [-0.05, 0) is 74.6 Å². The zero-order valence-electron chi connectivity index (χ0n) is 21.0. The van der Waals surface area contributed by atoms with Crippen LogP contribution in [-0.4, -0.2) is 34.0 Å². The van der Waals surface area contributed by atoms with Crippen molar-refractivity contribution in [1.29, 1.82) is 0 Å². The SMILES string of the molecule is CCC(CO)c1ccc(OCc2cccc(-c3c(C)cc(OCCC(C)(C)O)nc3C)c2)cc1. The highest BCUT2D eigenvalue weighted by Gasteiger charge is 2.14. The molecule has 182 valence electrons. The lowest BCUT2D eigenvalue weighted by atomic mass is 9.97. The van der Waals surface area contributed by atoms with Crippen LogP contribution in [0.4, 0.5) is 0 Å². The molecule has 34 heavy (non-hydrogen) atoms. The van der Waals surface area contributed by atoms with Gasteiger partial charge in [-0.15, -0.1) is 0 Å². The molecule has 0 saturated carbocycles. The van der Waals surface area contributed by atoms with E-state index in [0.29, 0.717) is 25.5 Å². The molecule has 1 unspecified atom stereocenters. The number of aliphatic hydroxyl groups is 2. The highest BCUT2D eigenvalue weighted by molar-refractivity contribution is 5.70. The molecule has 5 heteroatoms. The molecule has 0 aliphatic rings. The molecule has 1 heterocycles. The summed E-state index contributed by atoms with van der Waals surface area (Å²) in [5.74, 6) is 1.56. The van der Waals surface area contributed by atoms with Gasteiger partial charge in [-0.1, -0.05) is 37.3 Å². The van der Waals surface area contributed by atoms with E-state index in [9.17, 15) is 10.2 Å². The van der Waals surface area contributed by atoms with Crippen LogP contribution in [0.15, 0.2) is 54.6 Å². The predicted molar refractivity (Wildman–Crippen MR) is 136 cm³/mol. The third kappa shape index (κ3) is 7.05. The molecule has 1 atom stereocenters. The average Bonchev–Trinajstić information content (AvgIpc) is 2.78. The normalized spacial score (nSPS) is 12.4. The number of aliphatic hydroxyl groups excluding tert-OH is 1. The van der Waals surface area contributed by atoms with Crippen LogP contribution in [-0.2, 0) is 6.61 Å². The lowest BCUT2D eigenvalue weighted by Crippen LogP contribution is -2.22. The van der Waals surface area contributed by atoms with Gasteiger partial charge in [0.2, 0.25) is 5.88 Å². The highest BCUT2D eigenvalue weighted by Crippen LogP contribution is 2.30. The number of benzene rings is 2. The number of aromatic nitrogens is 1. The van der Waals surface area contributed by atoms with E-state index in [2.05, 4.69) is 37.0 Å². The molecule has 2 N–H and O–H groups in total. The summed E-state index contributed by atoms with van der Waals surface area (Å²) in [5, 5.41) is 19.4. The Kier molecular flexibility index (Phi) is 8.70. The third-order valence-corrected chi connectivity index (χ3v) is 6.02. The number of aryl methyl sites for hydroxylation is 2. The smallest absolute Gasteiger partial charge is 0.213 e. The average molecular weight is 464 g/mol. The Labute approximate surface area is 203 Å². The summed E-state index contributed by atoms with van der Waals surface area (Å²) in [6.45, 7) is 10.7. The number of pyridine rings is 1. The maximum absolute atomic E-state index is 9.87. The quantitative estimate of drug-likeness (QED) is 0.367. The maximum atomic E-state index is 9.87. The van der Waals surface area contributed by atoms with E-state index in [1.807, 2.05) is 43.3 Å². The van der Waals surface area contributed by atoms with E-state index in [1.54, 1.807) is 13.8 Å². The van der Waals surface area contributed by atoms with Gasteiger partial charge in [-0.3, -0.25) is 0 Å². The molecule has 0 aliphatic heterocycles. The monoisotopic (exact) mass is 463 g/mol.